The Morgan fingerprint density at radius 3 is 2.29 bits per heavy atom. The fourth-order valence-electron chi connectivity index (χ4n) is 4.18. The van der Waals surface area contributed by atoms with E-state index >= 15 is 0 Å². The molecule has 1 saturated carbocycles. The van der Waals surface area contributed by atoms with Crippen LogP contribution in [0, 0.1) is 20.8 Å². The summed E-state index contributed by atoms with van der Waals surface area (Å²) >= 11 is 0. The Morgan fingerprint density at radius 2 is 1.66 bits per heavy atom. The Bertz CT molecular complexity index is 1500. The first-order valence-electron chi connectivity index (χ1n) is 11.5. The normalized spacial score (nSPS) is 13.6. The van der Waals surface area contributed by atoms with Crippen LogP contribution in [0.5, 0.6) is 11.6 Å². The molecule has 0 radical (unpaired) electrons. The van der Waals surface area contributed by atoms with Gasteiger partial charge in [-0.25, -0.2) is 18.1 Å². The van der Waals surface area contributed by atoms with Crippen LogP contribution in [-0.2, 0) is 17.1 Å². The fraction of sp³-hybridized carbons (Fsp3) is 0.269. The summed E-state index contributed by atoms with van der Waals surface area (Å²) in [5.74, 6) is 1.26. The maximum absolute atomic E-state index is 13.1. The summed E-state index contributed by atoms with van der Waals surface area (Å²) in [5.41, 5.74) is 5.63. The monoisotopic (exact) mass is 489 g/mol. The number of sulfonamides is 1. The predicted octanol–water partition coefficient (Wildman–Crippen LogP) is 5.27. The summed E-state index contributed by atoms with van der Waals surface area (Å²) in [6.07, 6.45) is 4.73. The number of nitrogens with one attached hydrogen (secondary N) is 1. The first-order chi connectivity index (χ1) is 16.7. The largest absolute Gasteiger partial charge is 0.438 e. The second-order valence-corrected chi connectivity index (χ2v) is 10.7. The van der Waals surface area contributed by atoms with Crippen LogP contribution in [0.25, 0.3) is 11.3 Å². The highest BCUT2D eigenvalue weighted by Crippen LogP contribution is 2.49. The van der Waals surface area contributed by atoms with E-state index in [4.69, 9.17) is 9.72 Å². The minimum Gasteiger partial charge on any atom is -0.438 e. The van der Waals surface area contributed by atoms with Crippen LogP contribution in [0.3, 0.4) is 0 Å². The molecule has 0 atom stereocenters. The average molecular weight is 490 g/mol. The molecule has 2 aromatic heterocycles. The lowest BCUT2D eigenvalue weighted by Crippen LogP contribution is -2.16. The second kappa shape index (κ2) is 8.81. The number of hydrogen-bond donors (Lipinski definition) is 1. The number of hydrogen-bond acceptors (Lipinski definition) is 6. The molecule has 1 aliphatic rings. The molecule has 4 aromatic rings. The predicted molar refractivity (Wildman–Crippen MR) is 134 cm³/mol. The molecule has 180 valence electrons. The van der Waals surface area contributed by atoms with Crippen molar-refractivity contribution in [1.82, 2.24) is 19.7 Å². The molecule has 8 nitrogen and oxygen atoms in total. The third-order valence-electron chi connectivity index (χ3n) is 6.13. The van der Waals surface area contributed by atoms with Gasteiger partial charge in [-0.2, -0.15) is 10.1 Å². The molecule has 0 aliphatic heterocycles. The van der Waals surface area contributed by atoms with Crippen molar-refractivity contribution in [2.24, 2.45) is 7.05 Å². The van der Waals surface area contributed by atoms with Gasteiger partial charge in [0, 0.05) is 24.4 Å². The van der Waals surface area contributed by atoms with Gasteiger partial charge in [0.2, 0.25) is 11.8 Å². The van der Waals surface area contributed by atoms with Gasteiger partial charge in [0.15, 0.2) is 0 Å². The van der Waals surface area contributed by atoms with E-state index in [1.807, 2.05) is 63.2 Å². The van der Waals surface area contributed by atoms with E-state index in [0.29, 0.717) is 17.3 Å². The van der Waals surface area contributed by atoms with E-state index in [2.05, 4.69) is 14.8 Å². The van der Waals surface area contributed by atoms with Crippen LogP contribution in [-0.4, -0.2) is 28.2 Å². The van der Waals surface area contributed by atoms with Crippen molar-refractivity contribution in [3.63, 3.8) is 0 Å². The highest BCUT2D eigenvalue weighted by molar-refractivity contribution is 7.92. The summed E-state index contributed by atoms with van der Waals surface area (Å²) in [4.78, 5) is 9.37. The molecule has 0 unspecified atom stereocenters. The van der Waals surface area contributed by atoms with Gasteiger partial charge in [0.1, 0.15) is 10.6 Å². The molecule has 35 heavy (non-hydrogen) atoms. The number of benzene rings is 2. The maximum atomic E-state index is 13.1. The van der Waals surface area contributed by atoms with Gasteiger partial charge in [-0.3, -0.25) is 4.68 Å². The van der Waals surface area contributed by atoms with Crippen molar-refractivity contribution >= 4 is 16.0 Å². The summed E-state index contributed by atoms with van der Waals surface area (Å²) in [7, 11) is -2.28. The second-order valence-electron chi connectivity index (χ2n) is 8.98. The van der Waals surface area contributed by atoms with Gasteiger partial charge < -0.3 is 4.74 Å². The van der Waals surface area contributed by atoms with Crippen molar-refractivity contribution < 1.29 is 13.2 Å². The third-order valence-corrected chi connectivity index (χ3v) is 7.41. The molecule has 0 bridgehead atoms. The average Bonchev–Trinajstić information content (AvgIpc) is 3.53. The number of para-hydroxylation sites is 1. The summed E-state index contributed by atoms with van der Waals surface area (Å²) < 4.78 is 36.5. The Hall–Kier alpha value is -3.72. The molecule has 5 rings (SSSR count). The van der Waals surface area contributed by atoms with Gasteiger partial charge in [0.05, 0.1) is 11.9 Å². The Balaban J connectivity index is 1.70. The number of aromatic nitrogens is 4. The Morgan fingerprint density at radius 1 is 0.971 bits per heavy atom. The Kier molecular flexibility index (Phi) is 5.80. The van der Waals surface area contributed by atoms with E-state index in [0.717, 1.165) is 40.7 Å². The van der Waals surface area contributed by atoms with Crippen molar-refractivity contribution in [3.8, 4) is 22.9 Å². The first-order valence-corrected chi connectivity index (χ1v) is 12.9. The van der Waals surface area contributed by atoms with Crippen molar-refractivity contribution in [1.29, 1.82) is 0 Å². The van der Waals surface area contributed by atoms with Crippen molar-refractivity contribution in [2.45, 2.75) is 44.4 Å². The zero-order valence-corrected chi connectivity index (χ0v) is 20.9. The zero-order chi connectivity index (χ0) is 24.7. The van der Waals surface area contributed by atoms with E-state index < -0.39 is 10.0 Å². The van der Waals surface area contributed by atoms with E-state index in [-0.39, 0.29) is 16.8 Å². The minimum atomic E-state index is -3.94. The standard InChI is InChI=1S/C26H27N5O3S/c1-16-8-5-6-11-21(16)34-25-23(19-12-13-19)24(22-17(2)9-7-10-18(22)3)28-26(29-25)30-35(32,33)20-14-27-31(4)15-20/h5-11,14-15,19H,12-13H2,1-4H3,(H,28,29,30). The maximum Gasteiger partial charge on any atom is 0.267 e. The zero-order valence-electron chi connectivity index (χ0n) is 20.1. The molecule has 1 fully saturated rings. The number of anilines is 1. The third kappa shape index (κ3) is 4.64. The Labute approximate surface area is 205 Å². The molecule has 0 saturated heterocycles. The van der Waals surface area contributed by atoms with Crippen LogP contribution in [0.15, 0.2) is 59.8 Å². The summed E-state index contributed by atoms with van der Waals surface area (Å²) in [6.45, 7) is 6.02. The number of aryl methyl sites for hydroxylation is 4. The minimum absolute atomic E-state index is 0.0323. The molecule has 9 heteroatoms. The molecule has 1 aliphatic carbocycles. The summed E-state index contributed by atoms with van der Waals surface area (Å²) in [5, 5.41) is 3.97. The first kappa shape index (κ1) is 23.0. The van der Waals surface area contributed by atoms with Crippen LogP contribution < -0.4 is 9.46 Å². The molecule has 2 aromatic carbocycles. The van der Waals surface area contributed by atoms with Gasteiger partial charge in [-0.15, -0.1) is 0 Å². The lowest BCUT2D eigenvalue weighted by Gasteiger charge is -2.19. The molecule has 2 heterocycles. The van der Waals surface area contributed by atoms with Crippen LogP contribution in [0.2, 0.25) is 0 Å². The lowest BCUT2D eigenvalue weighted by atomic mass is 9.95. The lowest BCUT2D eigenvalue weighted by molar-refractivity contribution is 0.453. The molecular weight excluding hydrogens is 462 g/mol. The van der Waals surface area contributed by atoms with Gasteiger partial charge >= 0.3 is 0 Å². The number of nitrogens with zero attached hydrogens (tertiary/aromatic N) is 4. The van der Waals surface area contributed by atoms with E-state index in [1.165, 1.54) is 17.1 Å². The van der Waals surface area contributed by atoms with Crippen LogP contribution in [0.1, 0.15) is 41.0 Å². The number of rotatable bonds is 7. The summed E-state index contributed by atoms with van der Waals surface area (Å²) in [6, 6.07) is 13.8. The van der Waals surface area contributed by atoms with E-state index in [9.17, 15) is 8.42 Å². The van der Waals surface area contributed by atoms with Crippen LogP contribution >= 0.6 is 0 Å². The topological polar surface area (TPSA) is 99.0 Å². The molecule has 1 N–H and O–H groups in total. The smallest absolute Gasteiger partial charge is 0.267 e. The van der Waals surface area contributed by atoms with Crippen molar-refractivity contribution in [2.75, 3.05) is 4.72 Å². The highest BCUT2D eigenvalue weighted by atomic mass is 32.2. The van der Waals surface area contributed by atoms with E-state index in [1.54, 1.807) is 7.05 Å². The number of ether oxygens (including phenoxy) is 1. The SMILES string of the molecule is Cc1ccccc1Oc1nc(NS(=O)(=O)c2cnn(C)c2)nc(-c2c(C)cccc2C)c1C1CC1. The van der Waals surface area contributed by atoms with Crippen molar-refractivity contribution in [3.05, 3.63) is 77.1 Å². The molecule has 0 amide bonds. The van der Waals surface area contributed by atoms with Crippen LogP contribution in [0.4, 0.5) is 5.95 Å². The van der Waals surface area contributed by atoms with Gasteiger partial charge in [-0.05, 0) is 62.3 Å². The van der Waals surface area contributed by atoms with Gasteiger partial charge in [0.25, 0.3) is 10.0 Å². The molecular formula is C26H27N5O3S. The fourth-order valence-corrected chi connectivity index (χ4v) is 5.11. The highest BCUT2D eigenvalue weighted by Gasteiger charge is 2.34. The van der Waals surface area contributed by atoms with Gasteiger partial charge in [-0.1, -0.05) is 36.4 Å². The quantitative estimate of drug-likeness (QED) is 0.380. The molecule has 0 spiro atoms.